The van der Waals surface area contributed by atoms with Gasteiger partial charge >= 0.3 is 0 Å². The van der Waals surface area contributed by atoms with Crippen molar-refractivity contribution in [3.8, 4) is 0 Å². The third-order valence-corrected chi connectivity index (χ3v) is 4.53. The molecule has 0 aromatic carbocycles. The Kier molecular flexibility index (Phi) is 5.27. The van der Waals surface area contributed by atoms with Crippen LogP contribution in [0, 0.1) is 0 Å². The van der Waals surface area contributed by atoms with Gasteiger partial charge in [-0.1, -0.05) is 13.3 Å². The molecule has 0 bridgehead atoms. The number of anilines is 2. The molecule has 4 N–H and O–H groups in total. The lowest BCUT2D eigenvalue weighted by molar-refractivity contribution is 0.276. The molecule has 3 rings (SSSR count). The maximum atomic E-state index is 9.29. The van der Waals surface area contributed by atoms with Crippen molar-refractivity contribution in [2.45, 2.75) is 38.8 Å². The molecule has 7 nitrogen and oxygen atoms in total. The quantitative estimate of drug-likeness (QED) is 0.579. The topological polar surface area (TPSA) is 102 Å². The highest BCUT2D eigenvalue weighted by atomic mass is 32.1. The van der Waals surface area contributed by atoms with E-state index < -0.39 is 0 Å². The largest absolute Gasteiger partial charge is 0.396 e. The second-order valence-corrected chi connectivity index (χ2v) is 6.45. The summed E-state index contributed by atoms with van der Waals surface area (Å²) in [5, 5.41) is 14.8. The molecule has 0 radical (unpaired) electrons. The molecule has 0 aliphatic rings. The van der Waals surface area contributed by atoms with Gasteiger partial charge in [-0.3, -0.25) is 0 Å². The first-order valence-corrected chi connectivity index (χ1v) is 9.02. The van der Waals surface area contributed by atoms with Crippen molar-refractivity contribution >= 4 is 34.1 Å². The molecular formula is C16H22N6OS. The zero-order valence-electron chi connectivity index (χ0n) is 13.6. The average molecular weight is 346 g/mol. The second kappa shape index (κ2) is 7.59. The van der Waals surface area contributed by atoms with Crippen molar-refractivity contribution in [2.24, 2.45) is 0 Å². The third kappa shape index (κ3) is 3.65. The summed E-state index contributed by atoms with van der Waals surface area (Å²) in [5.74, 6) is 0.959. The van der Waals surface area contributed by atoms with Crippen LogP contribution in [0.4, 0.5) is 11.8 Å². The van der Waals surface area contributed by atoms with Crippen LogP contribution >= 0.6 is 11.3 Å². The molecule has 0 saturated heterocycles. The highest BCUT2D eigenvalue weighted by Crippen LogP contribution is 2.25. The van der Waals surface area contributed by atoms with Crippen LogP contribution < -0.4 is 11.1 Å². The van der Waals surface area contributed by atoms with E-state index in [1.807, 2.05) is 23.2 Å². The third-order valence-electron chi connectivity index (χ3n) is 3.90. The maximum Gasteiger partial charge on any atom is 0.222 e. The normalized spacial score (nSPS) is 12.6. The van der Waals surface area contributed by atoms with Gasteiger partial charge in [0, 0.05) is 24.2 Å². The van der Waals surface area contributed by atoms with E-state index in [-0.39, 0.29) is 18.6 Å². The number of hydrogen-bond donors (Lipinski definition) is 3. The van der Waals surface area contributed by atoms with Gasteiger partial charge < -0.3 is 20.7 Å². The van der Waals surface area contributed by atoms with Crippen LogP contribution in [-0.4, -0.2) is 37.3 Å². The number of nitrogens with zero attached hydrogens (tertiary/aromatic N) is 4. The summed E-state index contributed by atoms with van der Waals surface area (Å²) in [5.41, 5.74) is 10.4. The van der Waals surface area contributed by atoms with Gasteiger partial charge in [-0.05, 0) is 18.9 Å². The number of rotatable bonds is 8. The van der Waals surface area contributed by atoms with Crippen LogP contribution in [-0.2, 0) is 6.54 Å². The fraction of sp³-hybridized carbons (Fsp3) is 0.438. The van der Waals surface area contributed by atoms with Gasteiger partial charge in [0.05, 0.1) is 23.3 Å². The smallest absolute Gasteiger partial charge is 0.222 e. The van der Waals surface area contributed by atoms with Crippen molar-refractivity contribution in [3.05, 3.63) is 28.8 Å². The lowest BCUT2D eigenvalue weighted by Crippen LogP contribution is -2.22. The molecule has 3 heterocycles. The lowest BCUT2D eigenvalue weighted by atomic mass is 10.1. The van der Waals surface area contributed by atoms with E-state index in [0.29, 0.717) is 18.8 Å². The molecule has 24 heavy (non-hydrogen) atoms. The Morgan fingerprint density at radius 3 is 2.96 bits per heavy atom. The number of aliphatic hydroxyl groups excluding tert-OH is 1. The van der Waals surface area contributed by atoms with Gasteiger partial charge in [-0.15, -0.1) is 11.3 Å². The summed E-state index contributed by atoms with van der Waals surface area (Å²) in [6.07, 6.45) is 4.64. The molecule has 0 amide bonds. The zero-order valence-corrected chi connectivity index (χ0v) is 14.5. The van der Waals surface area contributed by atoms with Crippen LogP contribution in [0.3, 0.4) is 0 Å². The van der Waals surface area contributed by atoms with Crippen LogP contribution in [0.25, 0.3) is 11.0 Å². The highest BCUT2D eigenvalue weighted by Gasteiger charge is 2.15. The van der Waals surface area contributed by atoms with E-state index in [1.54, 1.807) is 11.3 Å². The molecule has 8 heteroatoms. The van der Waals surface area contributed by atoms with E-state index in [1.165, 1.54) is 0 Å². The zero-order chi connectivity index (χ0) is 16.9. The number of aromatic nitrogens is 4. The number of nitrogens with one attached hydrogen (secondary N) is 1. The predicted octanol–water partition coefficient (Wildman–Crippen LogP) is 2.48. The van der Waals surface area contributed by atoms with Crippen LogP contribution in [0.2, 0.25) is 0 Å². The van der Waals surface area contributed by atoms with Gasteiger partial charge in [-0.2, -0.15) is 4.98 Å². The first-order valence-electron chi connectivity index (χ1n) is 8.08. The number of hydrogen-bond acceptors (Lipinski definition) is 7. The molecule has 0 saturated carbocycles. The van der Waals surface area contributed by atoms with Crippen molar-refractivity contribution in [1.29, 1.82) is 0 Å². The standard InChI is InChI=1S/C16H22N6OS/c1-2-3-11(5-7-23)19-15-14-13(20-16(17)21-15)4-6-22(14)8-12-9-24-10-18-12/h4,6,9-11,23H,2-3,5,7-8H2,1H3,(H3,17,19,20,21). The summed E-state index contributed by atoms with van der Waals surface area (Å²) < 4.78 is 2.08. The van der Waals surface area contributed by atoms with Gasteiger partial charge in [0.2, 0.25) is 5.95 Å². The molecule has 3 aromatic heterocycles. The number of aliphatic hydroxyl groups is 1. The Morgan fingerprint density at radius 2 is 2.25 bits per heavy atom. The van der Waals surface area contributed by atoms with Crippen molar-refractivity contribution < 1.29 is 5.11 Å². The summed E-state index contributed by atoms with van der Waals surface area (Å²) in [6, 6.07) is 2.09. The number of thiazole rings is 1. The number of nitrogen functional groups attached to an aromatic ring is 1. The minimum atomic E-state index is 0.140. The molecule has 0 spiro atoms. The molecule has 1 atom stereocenters. The SMILES string of the molecule is CCCC(CCO)Nc1nc(N)nc2ccn(Cc3cscn3)c12. The van der Waals surface area contributed by atoms with Gasteiger partial charge in [0.15, 0.2) is 5.82 Å². The first kappa shape index (κ1) is 16.7. The Labute approximate surface area is 144 Å². The second-order valence-electron chi connectivity index (χ2n) is 5.73. The first-order chi connectivity index (χ1) is 11.7. The monoisotopic (exact) mass is 346 g/mol. The molecular weight excluding hydrogens is 324 g/mol. The van der Waals surface area contributed by atoms with E-state index in [2.05, 4.69) is 31.8 Å². The highest BCUT2D eigenvalue weighted by molar-refractivity contribution is 7.07. The van der Waals surface area contributed by atoms with Crippen LogP contribution in [0.15, 0.2) is 23.2 Å². The van der Waals surface area contributed by atoms with Crippen LogP contribution in [0.1, 0.15) is 31.9 Å². The molecule has 1 unspecified atom stereocenters. The summed E-state index contributed by atoms with van der Waals surface area (Å²) in [4.78, 5) is 13.1. The predicted molar refractivity (Wildman–Crippen MR) is 97.2 cm³/mol. The fourth-order valence-electron chi connectivity index (χ4n) is 2.83. The van der Waals surface area contributed by atoms with Gasteiger partial charge in [0.25, 0.3) is 0 Å². The summed E-state index contributed by atoms with van der Waals surface area (Å²) in [6.45, 7) is 2.93. The Bertz CT molecular complexity index is 779. The van der Waals surface area contributed by atoms with Crippen molar-refractivity contribution in [2.75, 3.05) is 17.7 Å². The molecule has 0 aliphatic carbocycles. The van der Waals surface area contributed by atoms with Crippen molar-refractivity contribution in [1.82, 2.24) is 19.5 Å². The molecule has 3 aromatic rings. The minimum Gasteiger partial charge on any atom is -0.396 e. The van der Waals surface area contributed by atoms with E-state index in [9.17, 15) is 5.11 Å². The summed E-state index contributed by atoms with van der Waals surface area (Å²) >= 11 is 1.58. The minimum absolute atomic E-state index is 0.140. The molecule has 128 valence electrons. The fourth-order valence-corrected chi connectivity index (χ4v) is 3.38. The van der Waals surface area contributed by atoms with E-state index in [0.717, 1.165) is 29.6 Å². The molecule has 0 aliphatic heterocycles. The number of fused-ring (bicyclic) bond motifs is 1. The Balaban J connectivity index is 1.97. The van der Waals surface area contributed by atoms with Crippen molar-refractivity contribution in [3.63, 3.8) is 0 Å². The summed E-state index contributed by atoms with van der Waals surface area (Å²) in [7, 11) is 0. The number of nitrogens with two attached hydrogens (primary N) is 1. The average Bonchev–Trinajstić information content (AvgIpc) is 3.18. The van der Waals surface area contributed by atoms with Gasteiger partial charge in [0.1, 0.15) is 5.52 Å². The van der Waals surface area contributed by atoms with E-state index >= 15 is 0 Å². The lowest BCUT2D eigenvalue weighted by Gasteiger charge is -2.19. The van der Waals surface area contributed by atoms with Gasteiger partial charge in [-0.25, -0.2) is 9.97 Å². The van der Waals surface area contributed by atoms with E-state index in [4.69, 9.17) is 5.73 Å². The van der Waals surface area contributed by atoms with Crippen LogP contribution in [0.5, 0.6) is 0 Å². The maximum absolute atomic E-state index is 9.29. The Morgan fingerprint density at radius 1 is 1.38 bits per heavy atom. The molecule has 0 fully saturated rings. The Hall–Kier alpha value is -2.19.